The van der Waals surface area contributed by atoms with E-state index < -0.39 is 0 Å². The molecule has 0 aliphatic heterocycles. The summed E-state index contributed by atoms with van der Waals surface area (Å²) < 4.78 is 0. The average Bonchev–Trinajstić information content (AvgIpc) is 2.39. The van der Waals surface area contributed by atoms with Crippen LogP contribution in [0.5, 0.6) is 0 Å². The van der Waals surface area contributed by atoms with Gasteiger partial charge in [-0.2, -0.15) is 0 Å². The lowest BCUT2D eigenvalue weighted by Crippen LogP contribution is -2.27. The van der Waals surface area contributed by atoms with Crippen LogP contribution in [0.25, 0.3) is 0 Å². The van der Waals surface area contributed by atoms with Gasteiger partial charge in [-0.1, -0.05) is 0 Å². The molecule has 0 aliphatic carbocycles. The molecule has 1 amide bonds. The predicted molar refractivity (Wildman–Crippen MR) is 65.6 cm³/mol. The van der Waals surface area contributed by atoms with Gasteiger partial charge in [-0.25, -0.2) is 0 Å². The highest BCUT2D eigenvalue weighted by Gasteiger charge is 2.15. The molecule has 2 N–H and O–H groups in total. The standard InChI is InChI=1S/C12H12N4O/c1-16(9-2-5-14-6-3-9)12(17)10-4-7-15-8-11(10)13/h2-8H,13H2,1H3. The molecule has 0 fully saturated rings. The van der Waals surface area contributed by atoms with Gasteiger partial charge in [0.25, 0.3) is 5.91 Å². The second kappa shape index (κ2) is 4.61. The van der Waals surface area contributed by atoms with Crippen LogP contribution >= 0.6 is 0 Å². The molecule has 5 nitrogen and oxygen atoms in total. The topological polar surface area (TPSA) is 72.1 Å². The Kier molecular flexibility index (Phi) is 3.00. The Balaban J connectivity index is 2.30. The highest BCUT2D eigenvalue weighted by atomic mass is 16.2. The summed E-state index contributed by atoms with van der Waals surface area (Å²) in [5.74, 6) is -0.170. The molecular weight excluding hydrogens is 216 g/mol. The lowest BCUT2D eigenvalue weighted by molar-refractivity contribution is 0.0994. The van der Waals surface area contributed by atoms with Crippen molar-refractivity contribution in [1.82, 2.24) is 9.97 Å². The molecule has 0 unspecified atom stereocenters. The molecule has 5 heteroatoms. The molecule has 2 heterocycles. The van der Waals surface area contributed by atoms with Crippen molar-refractivity contribution in [2.24, 2.45) is 0 Å². The molecule has 0 aliphatic rings. The number of carbonyl (C=O) groups excluding carboxylic acids is 1. The van der Waals surface area contributed by atoms with Crippen molar-refractivity contribution in [1.29, 1.82) is 0 Å². The third kappa shape index (κ3) is 2.23. The zero-order chi connectivity index (χ0) is 12.3. The second-order valence-electron chi connectivity index (χ2n) is 3.53. The predicted octanol–water partition coefficient (Wildman–Crippen LogP) is 1.34. The normalized spacial score (nSPS) is 9.94. The van der Waals surface area contributed by atoms with Crippen LogP contribution in [0.3, 0.4) is 0 Å². The Bertz CT molecular complexity index is 527. The van der Waals surface area contributed by atoms with Crippen LogP contribution in [0.2, 0.25) is 0 Å². The first kappa shape index (κ1) is 11.1. The molecule has 0 saturated carbocycles. The van der Waals surface area contributed by atoms with E-state index in [1.54, 1.807) is 43.8 Å². The lowest BCUT2D eigenvalue weighted by Gasteiger charge is -2.17. The number of nitrogens with two attached hydrogens (primary N) is 1. The zero-order valence-electron chi connectivity index (χ0n) is 9.37. The number of aromatic nitrogens is 2. The fourth-order valence-corrected chi connectivity index (χ4v) is 1.47. The van der Waals surface area contributed by atoms with Crippen molar-refractivity contribution in [3.63, 3.8) is 0 Å². The number of rotatable bonds is 2. The fraction of sp³-hybridized carbons (Fsp3) is 0.0833. The Hall–Kier alpha value is -2.43. The van der Waals surface area contributed by atoms with Gasteiger partial charge in [-0.3, -0.25) is 14.8 Å². The van der Waals surface area contributed by atoms with Crippen molar-refractivity contribution in [2.75, 3.05) is 17.7 Å². The third-order valence-corrected chi connectivity index (χ3v) is 2.44. The van der Waals surface area contributed by atoms with Crippen LogP contribution in [0.15, 0.2) is 43.0 Å². The molecule has 0 aromatic carbocycles. The number of anilines is 2. The maximum absolute atomic E-state index is 12.2. The van der Waals surface area contributed by atoms with E-state index in [4.69, 9.17) is 5.73 Å². The number of nitrogen functional groups attached to an aromatic ring is 1. The van der Waals surface area contributed by atoms with Crippen LogP contribution in [0.1, 0.15) is 10.4 Å². The SMILES string of the molecule is CN(C(=O)c1ccncc1N)c1ccncc1. The fourth-order valence-electron chi connectivity index (χ4n) is 1.47. The summed E-state index contributed by atoms with van der Waals surface area (Å²) in [6.45, 7) is 0. The van der Waals surface area contributed by atoms with E-state index in [9.17, 15) is 4.79 Å². The number of hydrogen-bond acceptors (Lipinski definition) is 4. The second-order valence-corrected chi connectivity index (χ2v) is 3.53. The largest absolute Gasteiger partial charge is 0.397 e. The Morgan fingerprint density at radius 3 is 2.47 bits per heavy atom. The van der Waals surface area contributed by atoms with E-state index in [1.165, 1.54) is 11.1 Å². The molecule has 2 aromatic heterocycles. The molecular formula is C12H12N4O. The summed E-state index contributed by atoms with van der Waals surface area (Å²) in [6.07, 6.45) is 6.28. The van der Waals surface area contributed by atoms with Crippen LogP contribution in [0, 0.1) is 0 Å². The molecule has 17 heavy (non-hydrogen) atoms. The third-order valence-electron chi connectivity index (χ3n) is 2.44. The number of amides is 1. The van der Waals surface area contributed by atoms with Crippen LogP contribution in [0.4, 0.5) is 11.4 Å². The molecule has 2 aromatic rings. The minimum atomic E-state index is -0.170. The lowest BCUT2D eigenvalue weighted by atomic mass is 10.2. The number of carbonyl (C=O) groups is 1. The average molecular weight is 228 g/mol. The smallest absolute Gasteiger partial charge is 0.260 e. The highest BCUT2D eigenvalue weighted by molar-refractivity contribution is 6.08. The highest BCUT2D eigenvalue weighted by Crippen LogP contribution is 2.16. The first-order valence-electron chi connectivity index (χ1n) is 5.07. The van der Waals surface area contributed by atoms with Crippen LogP contribution < -0.4 is 10.6 Å². The Labute approximate surface area is 98.9 Å². The summed E-state index contributed by atoms with van der Waals surface area (Å²) in [5, 5.41) is 0. The van der Waals surface area contributed by atoms with Crippen molar-refractivity contribution in [3.8, 4) is 0 Å². The minimum absolute atomic E-state index is 0.170. The van der Waals surface area contributed by atoms with Crippen LogP contribution in [-0.2, 0) is 0 Å². The Morgan fingerprint density at radius 1 is 1.18 bits per heavy atom. The quantitative estimate of drug-likeness (QED) is 0.841. The first-order chi connectivity index (χ1) is 8.20. The molecule has 0 spiro atoms. The molecule has 0 atom stereocenters. The summed E-state index contributed by atoms with van der Waals surface area (Å²) in [6, 6.07) is 5.12. The van der Waals surface area contributed by atoms with Gasteiger partial charge in [0.05, 0.1) is 17.4 Å². The molecule has 0 saturated heterocycles. The molecule has 2 rings (SSSR count). The van der Waals surface area contributed by atoms with Gasteiger partial charge in [0, 0.05) is 31.3 Å². The van der Waals surface area contributed by atoms with Gasteiger partial charge >= 0.3 is 0 Å². The summed E-state index contributed by atoms with van der Waals surface area (Å²) in [5.41, 5.74) is 7.30. The number of hydrogen-bond donors (Lipinski definition) is 1. The molecule has 0 radical (unpaired) electrons. The van der Waals surface area contributed by atoms with Crippen molar-refractivity contribution >= 4 is 17.3 Å². The van der Waals surface area contributed by atoms with Crippen molar-refractivity contribution in [2.45, 2.75) is 0 Å². The summed E-state index contributed by atoms with van der Waals surface area (Å²) in [4.78, 5) is 21.4. The summed E-state index contributed by atoms with van der Waals surface area (Å²) in [7, 11) is 1.69. The van der Waals surface area contributed by atoms with Crippen LogP contribution in [-0.4, -0.2) is 22.9 Å². The van der Waals surface area contributed by atoms with Gasteiger partial charge in [0.2, 0.25) is 0 Å². The minimum Gasteiger partial charge on any atom is -0.397 e. The van der Waals surface area contributed by atoms with E-state index in [2.05, 4.69) is 9.97 Å². The van der Waals surface area contributed by atoms with E-state index in [0.717, 1.165) is 5.69 Å². The van der Waals surface area contributed by atoms with E-state index >= 15 is 0 Å². The van der Waals surface area contributed by atoms with E-state index in [1.807, 2.05) is 0 Å². The molecule has 0 bridgehead atoms. The maximum Gasteiger partial charge on any atom is 0.260 e. The monoisotopic (exact) mass is 228 g/mol. The molecule has 86 valence electrons. The Morgan fingerprint density at radius 2 is 1.82 bits per heavy atom. The maximum atomic E-state index is 12.2. The van der Waals surface area contributed by atoms with Gasteiger partial charge < -0.3 is 10.6 Å². The number of pyridine rings is 2. The van der Waals surface area contributed by atoms with Gasteiger partial charge in [-0.15, -0.1) is 0 Å². The van der Waals surface area contributed by atoms with E-state index in [-0.39, 0.29) is 5.91 Å². The zero-order valence-corrected chi connectivity index (χ0v) is 9.37. The first-order valence-corrected chi connectivity index (χ1v) is 5.07. The summed E-state index contributed by atoms with van der Waals surface area (Å²) >= 11 is 0. The number of nitrogens with zero attached hydrogens (tertiary/aromatic N) is 3. The van der Waals surface area contributed by atoms with Gasteiger partial charge in [-0.05, 0) is 18.2 Å². The van der Waals surface area contributed by atoms with Crippen molar-refractivity contribution < 1.29 is 4.79 Å². The van der Waals surface area contributed by atoms with Gasteiger partial charge in [0.15, 0.2) is 0 Å². The van der Waals surface area contributed by atoms with Gasteiger partial charge in [0.1, 0.15) is 0 Å². The van der Waals surface area contributed by atoms with E-state index in [0.29, 0.717) is 11.3 Å². The van der Waals surface area contributed by atoms with Crippen molar-refractivity contribution in [3.05, 3.63) is 48.5 Å².